The monoisotopic (exact) mass is 1030 g/mol. The predicted molar refractivity (Wildman–Crippen MR) is 313 cm³/mol. The number of alkyl carbamates (subject to hydrolysis) is 2. The molecule has 4 atom stereocenters. The Morgan fingerprint density at radius 3 is 0.932 bits per heavy atom. The van der Waals surface area contributed by atoms with Crippen LogP contribution in [-0.2, 0) is 14.3 Å². The van der Waals surface area contributed by atoms with Crippen LogP contribution in [0.1, 0.15) is 256 Å². The Labute approximate surface area is 452 Å². The van der Waals surface area contributed by atoms with E-state index in [1.165, 1.54) is 184 Å². The molecule has 0 aliphatic rings. The number of rotatable bonds is 43. The van der Waals surface area contributed by atoms with Crippen molar-refractivity contribution >= 4 is 30.7 Å². The molecule has 3 rings (SSSR count). The lowest BCUT2D eigenvalue weighted by Gasteiger charge is -2.32. The SMILES string of the molecule is CCCCCCCCCCCCCCCCCNC(=O)OC(CC)C(S)C(C(N)=O)C(CC)OC(=O)NCCCCCCCCCCCCCCCCC.c1ccc(C(c2ccccc2)c2ccccc2)cc1. The zero-order valence-corrected chi connectivity index (χ0v) is 47.5. The lowest BCUT2D eigenvalue weighted by atomic mass is 9.85. The fraction of sp³-hybridized carbons (Fsp3) is 0.672. The molecule has 0 aliphatic carbocycles. The lowest BCUT2D eigenvalue weighted by molar-refractivity contribution is -0.126. The van der Waals surface area contributed by atoms with Crippen LogP contribution >= 0.6 is 12.6 Å². The second-order valence-electron chi connectivity index (χ2n) is 20.5. The van der Waals surface area contributed by atoms with Gasteiger partial charge in [0.15, 0.2) is 0 Å². The van der Waals surface area contributed by atoms with Crippen molar-refractivity contribution in [3.8, 4) is 0 Å². The van der Waals surface area contributed by atoms with Gasteiger partial charge in [-0.3, -0.25) is 4.79 Å². The van der Waals surface area contributed by atoms with Gasteiger partial charge in [0.1, 0.15) is 12.2 Å². The van der Waals surface area contributed by atoms with Crippen LogP contribution in [0.4, 0.5) is 9.59 Å². The third kappa shape index (κ3) is 32.2. The summed E-state index contributed by atoms with van der Waals surface area (Å²) < 4.78 is 11.4. The molecule has 3 aromatic rings. The highest BCUT2D eigenvalue weighted by molar-refractivity contribution is 7.81. The number of nitrogens with one attached hydrogen (secondary N) is 2. The number of nitrogens with two attached hydrogens (primary N) is 1. The molecule has 3 amide bonds. The number of carbonyl (C=O) groups excluding carboxylic acids is 3. The van der Waals surface area contributed by atoms with Gasteiger partial charge in [0.05, 0.1) is 11.2 Å². The third-order valence-corrected chi connectivity index (χ3v) is 15.0. The van der Waals surface area contributed by atoms with E-state index >= 15 is 0 Å². The van der Waals surface area contributed by atoms with Crippen LogP contribution < -0.4 is 16.4 Å². The van der Waals surface area contributed by atoms with Crippen LogP contribution in [0.15, 0.2) is 91.0 Å². The van der Waals surface area contributed by atoms with E-state index in [1.807, 2.05) is 13.8 Å². The minimum atomic E-state index is -0.900. The molecule has 4 N–H and O–H groups in total. The molecule has 0 heterocycles. The minimum Gasteiger partial charge on any atom is -0.445 e. The molecule has 0 saturated carbocycles. The average molecular weight is 1030 g/mol. The Kier molecular flexibility index (Phi) is 40.5. The minimum absolute atomic E-state index is 0.309. The van der Waals surface area contributed by atoms with Crippen molar-refractivity contribution in [2.45, 2.75) is 257 Å². The van der Waals surface area contributed by atoms with E-state index in [0.29, 0.717) is 31.8 Å². The number of thiol groups is 1. The van der Waals surface area contributed by atoms with Crippen LogP contribution in [0.25, 0.3) is 0 Å². The quantitative estimate of drug-likeness (QED) is 0.0256. The van der Waals surface area contributed by atoms with Crippen molar-refractivity contribution in [1.82, 2.24) is 10.6 Å². The van der Waals surface area contributed by atoms with Gasteiger partial charge in [0.25, 0.3) is 0 Å². The molecular weight excluding hydrogens is 923 g/mol. The van der Waals surface area contributed by atoms with Crippen LogP contribution in [0.2, 0.25) is 0 Å². The molecule has 412 valence electrons. The van der Waals surface area contributed by atoms with Crippen molar-refractivity contribution in [3.63, 3.8) is 0 Å². The Morgan fingerprint density at radius 2 is 0.671 bits per heavy atom. The smallest absolute Gasteiger partial charge is 0.407 e. The molecule has 0 saturated heterocycles. The molecule has 0 radical (unpaired) electrons. The van der Waals surface area contributed by atoms with Gasteiger partial charge >= 0.3 is 12.2 Å². The predicted octanol–water partition coefficient (Wildman–Crippen LogP) is 18.0. The van der Waals surface area contributed by atoms with E-state index in [4.69, 9.17) is 15.2 Å². The maximum absolute atomic E-state index is 12.6. The molecule has 0 fully saturated rings. The maximum atomic E-state index is 12.6. The Balaban J connectivity index is 0.000000784. The fourth-order valence-electron chi connectivity index (χ4n) is 9.85. The maximum Gasteiger partial charge on any atom is 0.407 e. The first-order valence-electron chi connectivity index (χ1n) is 29.8. The molecule has 9 heteroatoms. The Bertz CT molecular complexity index is 1640. The number of hydrogen-bond donors (Lipinski definition) is 4. The van der Waals surface area contributed by atoms with Crippen molar-refractivity contribution < 1.29 is 23.9 Å². The summed E-state index contributed by atoms with van der Waals surface area (Å²) in [7, 11) is 0. The first kappa shape index (κ1) is 65.1. The van der Waals surface area contributed by atoms with Gasteiger partial charge in [-0.1, -0.05) is 298 Å². The number of primary amides is 1. The largest absolute Gasteiger partial charge is 0.445 e. The Hall–Kier alpha value is -3.98. The standard InChI is InChI=1S/C45H89N3O5S.C19H16/c1-5-9-11-13-15-17-19-21-23-25-27-29-31-33-35-37-47-44(50)52-39(7-3)41(43(46)49)42(54)40(8-4)53-45(51)48-38-36-34-32-30-28-26-24-22-20-18-16-14-12-10-6-2;1-4-10-16(11-5-1)19(17-12-6-2-7-13-17)18-14-8-3-9-15-18/h39-42,54H,5-38H2,1-4H3,(H2,46,49)(H,47,50)(H,48,51);1-15,19H. The van der Waals surface area contributed by atoms with Gasteiger partial charge in [-0.05, 0) is 42.4 Å². The molecule has 0 aliphatic heterocycles. The number of benzene rings is 3. The highest BCUT2D eigenvalue weighted by atomic mass is 32.1. The molecule has 0 spiro atoms. The van der Waals surface area contributed by atoms with Gasteiger partial charge in [-0.15, -0.1) is 0 Å². The second-order valence-corrected chi connectivity index (χ2v) is 21.1. The summed E-state index contributed by atoms with van der Waals surface area (Å²) in [6.45, 7) is 9.33. The topological polar surface area (TPSA) is 120 Å². The van der Waals surface area contributed by atoms with E-state index in [-0.39, 0.29) is 0 Å². The zero-order valence-electron chi connectivity index (χ0n) is 46.7. The first-order valence-corrected chi connectivity index (χ1v) is 30.3. The van der Waals surface area contributed by atoms with E-state index in [0.717, 1.165) is 25.7 Å². The fourth-order valence-corrected chi connectivity index (χ4v) is 10.5. The second kappa shape index (κ2) is 45.4. The lowest BCUT2D eigenvalue weighted by Crippen LogP contribution is -2.48. The van der Waals surface area contributed by atoms with Gasteiger partial charge in [0, 0.05) is 19.0 Å². The first-order chi connectivity index (χ1) is 35.8. The molecular formula is C64H105N3O5S. The number of carbonyl (C=O) groups is 3. The normalized spacial score (nSPS) is 12.8. The zero-order chi connectivity index (χ0) is 52.8. The summed E-state index contributed by atoms with van der Waals surface area (Å²) in [6, 6.07) is 32.0. The van der Waals surface area contributed by atoms with Gasteiger partial charge in [0.2, 0.25) is 5.91 Å². The van der Waals surface area contributed by atoms with Crippen LogP contribution in [-0.4, -0.2) is 48.6 Å². The molecule has 3 aromatic carbocycles. The Morgan fingerprint density at radius 1 is 0.411 bits per heavy atom. The van der Waals surface area contributed by atoms with Crippen LogP contribution in [0.3, 0.4) is 0 Å². The number of amides is 3. The van der Waals surface area contributed by atoms with E-state index in [2.05, 4.69) is 128 Å². The summed E-state index contributed by atoms with van der Waals surface area (Å²) in [5, 5.41) is 4.97. The van der Waals surface area contributed by atoms with E-state index in [9.17, 15) is 14.4 Å². The molecule has 0 bridgehead atoms. The summed E-state index contributed by atoms with van der Waals surface area (Å²) in [4.78, 5) is 37.9. The molecule has 4 unspecified atom stereocenters. The number of unbranched alkanes of at least 4 members (excludes halogenated alkanes) is 28. The number of hydrogen-bond acceptors (Lipinski definition) is 6. The summed E-state index contributed by atoms with van der Waals surface area (Å²) >= 11 is 4.68. The molecule has 8 nitrogen and oxygen atoms in total. The molecule has 0 aromatic heterocycles. The van der Waals surface area contributed by atoms with Gasteiger partial charge < -0.3 is 25.8 Å². The van der Waals surface area contributed by atoms with Gasteiger partial charge in [-0.25, -0.2) is 9.59 Å². The van der Waals surface area contributed by atoms with Crippen molar-refractivity contribution in [2.75, 3.05) is 13.1 Å². The van der Waals surface area contributed by atoms with E-state index < -0.39 is 41.5 Å². The van der Waals surface area contributed by atoms with Crippen LogP contribution in [0.5, 0.6) is 0 Å². The van der Waals surface area contributed by atoms with Crippen molar-refractivity contribution in [3.05, 3.63) is 108 Å². The number of ether oxygens (including phenoxy) is 2. The summed E-state index contributed by atoms with van der Waals surface area (Å²) in [6.07, 6.45) is 37.1. The average Bonchev–Trinajstić information content (AvgIpc) is 3.40. The van der Waals surface area contributed by atoms with Crippen molar-refractivity contribution in [1.29, 1.82) is 0 Å². The van der Waals surface area contributed by atoms with E-state index in [1.54, 1.807) is 0 Å². The summed E-state index contributed by atoms with van der Waals surface area (Å²) in [5.74, 6) is -1.22. The van der Waals surface area contributed by atoms with Crippen molar-refractivity contribution in [2.24, 2.45) is 11.7 Å². The van der Waals surface area contributed by atoms with Gasteiger partial charge in [-0.2, -0.15) is 12.6 Å². The summed E-state index contributed by atoms with van der Waals surface area (Å²) in [5.41, 5.74) is 9.80. The third-order valence-electron chi connectivity index (χ3n) is 14.3. The highest BCUT2D eigenvalue weighted by Gasteiger charge is 2.39. The van der Waals surface area contributed by atoms with Crippen LogP contribution in [0, 0.1) is 5.92 Å². The molecule has 73 heavy (non-hydrogen) atoms. The highest BCUT2D eigenvalue weighted by Crippen LogP contribution is 2.31.